The van der Waals surface area contributed by atoms with E-state index in [1.165, 1.54) is 0 Å². The number of amides is 1. The zero-order valence-corrected chi connectivity index (χ0v) is 36.1. The molecule has 0 spiro atoms. The minimum atomic E-state index is -1.53. The average Bonchev–Trinajstić information content (AvgIpc) is 3.09. The van der Waals surface area contributed by atoms with E-state index >= 15 is 0 Å². The van der Waals surface area contributed by atoms with Crippen molar-refractivity contribution in [2.24, 2.45) is 11.7 Å². The van der Waals surface area contributed by atoms with E-state index in [-0.39, 0.29) is 37.1 Å². The third-order valence-electron chi connectivity index (χ3n) is 10.3. The number of nitrogens with two attached hydrogens (primary N) is 1. The molecule has 0 aromatic carbocycles. The molecule has 0 bridgehead atoms. The van der Waals surface area contributed by atoms with Crippen molar-refractivity contribution < 1.29 is 39.1 Å². The molecule has 0 aliphatic carbocycles. The fraction of sp³-hybridized carbons (Fsp3) is 0.587. The Labute approximate surface area is 342 Å². The quantitative estimate of drug-likeness (QED) is 0.212. The van der Waals surface area contributed by atoms with Gasteiger partial charge in [0.15, 0.2) is 12.6 Å². The molecule has 0 aromatic rings. The lowest BCUT2D eigenvalue weighted by Crippen LogP contribution is -2.63. The highest BCUT2D eigenvalue weighted by atomic mass is 16.7. The molecule has 11 heteroatoms. The molecule has 0 aromatic heterocycles. The molecule has 2 saturated heterocycles. The van der Waals surface area contributed by atoms with Gasteiger partial charge in [0.25, 0.3) is 0 Å². The maximum atomic E-state index is 13.3. The molecular formula is C46H71N3O8. The van der Waals surface area contributed by atoms with Crippen LogP contribution in [0.1, 0.15) is 81.6 Å². The Balaban J connectivity index is 1.86. The number of ether oxygens (including phenoxy) is 4. The minimum absolute atomic E-state index is 0.0258. The number of rotatable bonds is 7. The normalized spacial score (nSPS) is 42.1. The van der Waals surface area contributed by atoms with E-state index in [9.17, 15) is 20.1 Å². The van der Waals surface area contributed by atoms with Crippen molar-refractivity contribution in [1.29, 1.82) is 0 Å². The summed E-state index contributed by atoms with van der Waals surface area (Å²) < 4.78 is 24.6. The van der Waals surface area contributed by atoms with Crippen molar-refractivity contribution >= 4 is 5.91 Å². The lowest BCUT2D eigenvalue weighted by molar-refractivity contribution is -0.310. The summed E-state index contributed by atoms with van der Waals surface area (Å²) in [7, 11) is 3.79. The summed E-state index contributed by atoms with van der Waals surface area (Å²) in [5.41, 5.74) is 7.63. The molecule has 3 aliphatic rings. The van der Waals surface area contributed by atoms with Gasteiger partial charge in [-0.2, -0.15) is 0 Å². The number of nitrogens with zero attached hydrogens (tertiary/aromatic N) is 1. The van der Waals surface area contributed by atoms with Gasteiger partial charge in [0.05, 0.1) is 30.4 Å². The van der Waals surface area contributed by atoms with Crippen molar-refractivity contribution in [3.8, 4) is 0 Å². The fourth-order valence-corrected chi connectivity index (χ4v) is 7.34. The molecule has 3 rings (SSSR count). The Morgan fingerprint density at radius 3 is 2.32 bits per heavy atom. The van der Waals surface area contributed by atoms with E-state index in [0.29, 0.717) is 18.8 Å². The molecular weight excluding hydrogens is 723 g/mol. The molecule has 57 heavy (non-hydrogen) atoms. The number of aliphatic hydroxyl groups excluding tert-OH is 1. The van der Waals surface area contributed by atoms with Gasteiger partial charge in [-0.3, -0.25) is 4.79 Å². The van der Waals surface area contributed by atoms with Crippen LogP contribution in [-0.2, 0) is 23.7 Å². The Kier molecular flexibility index (Phi) is 18.8. The first-order valence-corrected chi connectivity index (χ1v) is 20.2. The molecule has 1 amide bonds. The predicted molar refractivity (Wildman–Crippen MR) is 228 cm³/mol. The monoisotopic (exact) mass is 794 g/mol. The summed E-state index contributed by atoms with van der Waals surface area (Å²) in [6.07, 6.45) is 22.7. The van der Waals surface area contributed by atoms with Crippen LogP contribution in [0.4, 0.5) is 0 Å². The Morgan fingerprint density at radius 1 is 0.965 bits per heavy atom. The van der Waals surface area contributed by atoms with Crippen LogP contribution < -0.4 is 11.1 Å². The van der Waals surface area contributed by atoms with Gasteiger partial charge in [-0.1, -0.05) is 116 Å². The summed E-state index contributed by atoms with van der Waals surface area (Å²) in [5, 5.41) is 37.4. The zero-order valence-electron chi connectivity index (χ0n) is 36.1. The topological polar surface area (TPSA) is 156 Å². The van der Waals surface area contributed by atoms with Crippen molar-refractivity contribution in [1.82, 2.24) is 10.2 Å². The number of hydrogen-bond donors (Lipinski definition) is 5. The molecule has 0 radical (unpaired) electrons. The summed E-state index contributed by atoms with van der Waals surface area (Å²) >= 11 is 0. The van der Waals surface area contributed by atoms with Gasteiger partial charge in [0.1, 0.15) is 23.9 Å². The first-order valence-electron chi connectivity index (χ1n) is 20.2. The molecule has 11 atom stereocenters. The van der Waals surface area contributed by atoms with E-state index in [1.54, 1.807) is 44.2 Å². The first-order chi connectivity index (χ1) is 26.7. The molecule has 0 unspecified atom stereocenters. The van der Waals surface area contributed by atoms with E-state index in [2.05, 4.69) is 25.2 Å². The lowest BCUT2D eigenvalue weighted by Gasteiger charge is -2.48. The van der Waals surface area contributed by atoms with Gasteiger partial charge in [-0.15, -0.1) is 0 Å². The van der Waals surface area contributed by atoms with Gasteiger partial charge in [-0.05, 0) is 81.3 Å². The van der Waals surface area contributed by atoms with Crippen LogP contribution >= 0.6 is 0 Å². The number of hydrogen-bond acceptors (Lipinski definition) is 10. The Hall–Kier alpha value is -3.23. The van der Waals surface area contributed by atoms with Gasteiger partial charge >= 0.3 is 0 Å². The Morgan fingerprint density at radius 2 is 1.65 bits per heavy atom. The van der Waals surface area contributed by atoms with Crippen LogP contribution in [0.5, 0.6) is 0 Å². The van der Waals surface area contributed by atoms with Crippen molar-refractivity contribution in [3.05, 3.63) is 107 Å². The number of aliphatic hydroxyl groups is 3. The highest BCUT2D eigenvalue weighted by Crippen LogP contribution is 2.34. The minimum Gasteiger partial charge on any atom is -0.388 e. The summed E-state index contributed by atoms with van der Waals surface area (Å²) in [4.78, 5) is 15.2. The van der Waals surface area contributed by atoms with Crippen LogP contribution in [0, 0.1) is 5.92 Å². The van der Waals surface area contributed by atoms with Crippen molar-refractivity contribution in [2.45, 2.75) is 148 Å². The second-order valence-corrected chi connectivity index (χ2v) is 17.0. The van der Waals surface area contributed by atoms with Gasteiger partial charge in [0, 0.05) is 18.0 Å². The highest BCUT2D eigenvalue weighted by molar-refractivity contribution is 5.94. The van der Waals surface area contributed by atoms with Gasteiger partial charge in [0.2, 0.25) is 5.91 Å². The molecule has 2 fully saturated rings. The Bertz CT molecular complexity index is 1600. The third-order valence-corrected chi connectivity index (χ3v) is 10.3. The highest BCUT2D eigenvalue weighted by Gasteiger charge is 2.48. The maximum Gasteiger partial charge on any atom is 0.247 e. The summed E-state index contributed by atoms with van der Waals surface area (Å²) in [6, 6.07) is -1.28. The number of allylic oxidation sites excluding steroid dienone is 14. The first kappa shape index (κ1) is 48.1. The number of carbonyl (C=O) groups excluding carboxylic acids is 1. The second-order valence-electron chi connectivity index (χ2n) is 17.0. The standard InChI is InChI=1S/C46H71N3O8/c1-30(2)26-36-27-33(5)19-13-12-16-25-45(8,52)38(22-15-14-18-31(3)20-17-21-32(4)23-24-34(6)48-43(36)51)57-44-40(47)41(50)37(29-54-44)56-39-28-46(9,53)42(49(10)11)35(7)55-39/h12-23,25,27,30,34-35,37-42,44,50,52-53H,24,26,28-29,47H2,1-11H3,(H,48,51)/b13-12+,18-14+,21-17+,22-15+,25-16+,31-20+,32-23+,33-19+,36-27+/t34-,35+,37+,38-,39-,40+,41-,42+,44-,45+,46+/m0/s1. The second kappa shape index (κ2) is 22.2. The van der Waals surface area contributed by atoms with E-state index in [4.69, 9.17) is 24.7 Å². The molecule has 6 N–H and O–H groups in total. The van der Waals surface area contributed by atoms with E-state index < -0.39 is 48.1 Å². The smallest absolute Gasteiger partial charge is 0.247 e. The van der Waals surface area contributed by atoms with Crippen molar-refractivity contribution in [3.63, 3.8) is 0 Å². The summed E-state index contributed by atoms with van der Waals surface area (Å²) in [5.74, 6) is 0.240. The SMILES string of the molecule is CC1=C\C=C\C(C)=C\C[C@H](C)NC(=O)/C(CC(C)C)=C/C(C)=C/C=C/C=C/[C@@](C)(O)[C@@H](O[C@@H]2OC[C@@H](O[C@H]3C[C@@](C)(O)[C@H](N(C)C)[C@@H](C)O3)[C@H](O)[C@H]2N)\C=C\C=C\1. The molecule has 318 valence electrons. The largest absolute Gasteiger partial charge is 0.388 e. The van der Waals surface area contributed by atoms with Crippen LogP contribution in [-0.4, -0.2) is 113 Å². The van der Waals surface area contributed by atoms with Crippen LogP contribution in [0.15, 0.2) is 107 Å². The van der Waals surface area contributed by atoms with Gasteiger partial charge < -0.3 is 50.2 Å². The fourth-order valence-electron chi connectivity index (χ4n) is 7.34. The molecule has 0 saturated carbocycles. The third kappa shape index (κ3) is 15.5. The van der Waals surface area contributed by atoms with Gasteiger partial charge in [-0.25, -0.2) is 0 Å². The van der Waals surface area contributed by atoms with E-state index in [1.807, 2.05) is 102 Å². The van der Waals surface area contributed by atoms with Crippen LogP contribution in [0.2, 0.25) is 0 Å². The average molecular weight is 794 g/mol. The maximum absolute atomic E-state index is 13.3. The zero-order chi connectivity index (χ0) is 42.5. The predicted octanol–water partition coefficient (Wildman–Crippen LogP) is 5.87. The summed E-state index contributed by atoms with van der Waals surface area (Å²) in [6.45, 7) is 17.4. The van der Waals surface area contributed by atoms with E-state index in [0.717, 1.165) is 22.3 Å². The van der Waals surface area contributed by atoms with Crippen LogP contribution in [0.3, 0.4) is 0 Å². The number of carbonyl (C=O) groups is 1. The van der Waals surface area contributed by atoms with Crippen molar-refractivity contribution in [2.75, 3.05) is 20.7 Å². The molecule has 3 heterocycles. The molecule has 3 aliphatic heterocycles. The lowest BCUT2D eigenvalue weighted by atomic mass is 9.85. The molecule has 11 nitrogen and oxygen atoms in total. The number of likely N-dealkylation sites (N-methyl/N-ethyl adjacent to an activating group) is 1. The van der Waals surface area contributed by atoms with Crippen LogP contribution in [0.25, 0.3) is 0 Å². The number of nitrogens with one attached hydrogen (secondary N) is 1.